The molecule has 0 saturated carbocycles. The molecule has 0 aromatic rings. The molecule has 1 N–H and O–H groups in total. The lowest BCUT2D eigenvalue weighted by atomic mass is 10.00. The van der Waals surface area contributed by atoms with Gasteiger partial charge in [0, 0.05) is 26.3 Å². The maximum Gasteiger partial charge on any atom is 0.0558 e. The maximum atomic E-state index is 8.89. The van der Waals surface area contributed by atoms with Gasteiger partial charge in [-0.3, -0.25) is 4.90 Å². The average Bonchev–Trinajstić information content (AvgIpc) is 2.17. The zero-order valence-electron chi connectivity index (χ0n) is 8.54. The highest BCUT2D eigenvalue weighted by atomic mass is 16.5. The van der Waals surface area contributed by atoms with Crippen LogP contribution in [0.15, 0.2) is 0 Å². The Bertz CT molecular complexity index is 128. The Kier molecular flexibility index (Phi) is 5.35. The summed E-state index contributed by atoms with van der Waals surface area (Å²) >= 11 is 0. The standard InChI is InChI=1S/C10H21NO2/c1-13-9-5-10-4-2-3-6-11(10)7-8-12/h10,12H,2-9H2,1H3. The molecule has 0 spiro atoms. The molecule has 1 fully saturated rings. The number of methoxy groups -OCH3 is 1. The van der Waals surface area contributed by atoms with Gasteiger partial charge < -0.3 is 9.84 Å². The molecular formula is C10H21NO2. The topological polar surface area (TPSA) is 32.7 Å². The van der Waals surface area contributed by atoms with Crippen LogP contribution in [0.5, 0.6) is 0 Å². The minimum atomic E-state index is 0.281. The normalized spacial score (nSPS) is 24.9. The van der Waals surface area contributed by atoms with E-state index in [1.807, 2.05) is 0 Å². The molecule has 3 heteroatoms. The summed E-state index contributed by atoms with van der Waals surface area (Å²) in [5.74, 6) is 0. The van der Waals surface area contributed by atoms with E-state index in [1.54, 1.807) is 7.11 Å². The minimum absolute atomic E-state index is 0.281. The summed E-state index contributed by atoms with van der Waals surface area (Å²) in [7, 11) is 1.75. The van der Waals surface area contributed by atoms with Gasteiger partial charge in [-0.25, -0.2) is 0 Å². The summed E-state index contributed by atoms with van der Waals surface area (Å²) in [6.07, 6.45) is 4.99. The fraction of sp³-hybridized carbons (Fsp3) is 1.00. The van der Waals surface area contributed by atoms with E-state index in [0.717, 1.165) is 26.1 Å². The summed E-state index contributed by atoms with van der Waals surface area (Å²) < 4.78 is 5.08. The first kappa shape index (κ1) is 11.0. The van der Waals surface area contributed by atoms with Crippen LogP contribution in [0.3, 0.4) is 0 Å². The van der Waals surface area contributed by atoms with Gasteiger partial charge in [-0.05, 0) is 25.8 Å². The molecule has 1 saturated heterocycles. The van der Waals surface area contributed by atoms with Crippen molar-refractivity contribution in [3.05, 3.63) is 0 Å². The number of aliphatic hydroxyl groups is 1. The number of piperidine rings is 1. The molecule has 1 heterocycles. The van der Waals surface area contributed by atoms with Crippen LogP contribution in [0, 0.1) is 0 Å². The molecule has 1 rings (SSSR count). The molecule has 0 aliphatic carbocycles. The van der Waals surface area contributed by atoms with Gasteiger partial charge >= 0.3 is 0 Å². The van der Waals surface area contributed by atoms with Crippen LogP contribution in [0.1, 0.15) is 25.7 Å². The summed E-state index contributed by atoms with van der Waals surface area (Å²) in [5.41, 5.74) is 0. The second-order valence-electron chi connectivity index (χ2n) is 3.69. The fourth-order valence-electron chi connectivity index (χ4n) is 2.06. The first-order chi connectivity index (χ1) is 6.38. The Morgan fingerprint density at radius 2 is 2.31 bits per heavy atom. The highest BCUT2D eigenvalue weighted by Crippen LogP contribution is 2.18. The summed E-state index contributed by atoms with van der Waals surface area (Å²) in [6.45, 7) is 3.10. The zero-order chi connectivity index (χ0) is 9.52. The van der Waals surface area contributed by atoms with Gasteiger partial charge in [-0.2, -0.15) is 0 Å². The zero-order valence-corrected chi connectivity index (χ0v) is 8.54. The number of aliphatic hydroxyl groups excluding tert-OH is 1. The quantitative estimate of drug-likeness (QED) is 0.693. The number of β-amino-alcohol motifs (C(OH)–C–C–N with tert-alkyl or cyclic N) is 1. The van der Waals surface area contributed by atoms with Crippen LogP contribution in [0.2, 0.25) is 0 Å². The van der Waals surface area contributed by atoms with Gasteiger partial charge in [-0.15, -0.1) is 0 Å². The number of likely N-dealkylation sites (tertiary alicyclic amines) is 1. The summed E-state index contributed by atoms with van der Waals surface area (Å²) in [4.78, 5) is 2.39. The first-order valence-electron chi connectivity index (χ1n) is 5.22. The molecule has 0 bridgehead atoms. The van der Waals surface area contributed by atoms with Crippen LogP contribution in [-0.4, -0.2) is 49.5 Å². The van der Waals surface area contributed by atoms with Crippen molar-refractivity contribution in [2.45, 2.75) is 31.7 Å². The molecular weight excluding hydrogens is 166 g/mol. The Labute approximate surface area is 80.7 Å². The molecule has 0 aromatic carbocycles. The lowest BCUT2D eigenvalue weighted by Crippen LogP contribution is -2.41. The number of rotatable bonds is 5. The molecule has 0 radical (unpaired) electrons. The van der Waals surface area contributed by atoms with E-state index < -0.39 is 0 Å². The van der Waals surface area contributed by atoms with Crippen molar-refractivity contribution >= 4 is 0 Å². The molecule has 13 heavy (non-hydrogen) atoms. The minimum Gasteiger partial charge on any atom is -0.395 e. The van der Waals surface area contributed by atoms with E-state index >= 15 is 0 Å². The maximum absolute atomic E-state index is 8.89. The second kappa shape index (κ2) is 6.35. The fourth-order valence-corrected chi connectivity index (χ4v) is 2.06. The van der Waals surface area contributed by atoms with Crippen molar-refractivity contribution in [1.82, 2.24) is 4.90 Å². The molecule has 78 valence electrons. The Morgan fingerprint density at radius 3 is 3.00 bits per heavy atom. The highest BCUT2D eigenvalue weighted by Gasteiger charge is 2.20. The number of nitrogens with zero attached hydrogens (tertiary/aromatic N) is 1. The molecule has 3 nitrogen and oxygen atoms in total. The molecule has 0 amide bonds. The number of hydrogen-bond acceptors (Lipinski definition) is 3. The van der Waals surface area contributed by atoms with Crippen molar-refractivity contribution in [2.75, 3.05) is 33.4 Å². The van der Waals surface area contributed by atoms with Crippen LogP contribution < -0.4 is 0 Å². The molecule has 1 atom stereocenters. The Hall–Kier alpha value is -0.120. The largest absolute Gasteiger partial charge is 0.395 e. The lowest BCUT2D eigenvalue weighted by molar-refractivity contribution is 0.0862. The van der Waals surface area contributed by atoms with Crippen molar-refractivity contribution in [3.8, 4) is 0 Å². The van der Waals surface area contributed by atoms with E-state index in [2.05, 4.69) is 4.90 Å². The molecule has 1 unspecified atom stereocenters. The molecule has 1 aliphatic rings. The van der Waals surface area contributed by atoms with E-state index in [1.165, 1.54) is 19.3 Å². The third-order valence-corrected chi connectivity index (χ3v) is 2.79. The third kappa shape index (κ3) is 3.63. The van der Waals surface area contributed by atoms with Crippen LogP contribution in [0.4, 0.5) is 0 Å². The average molecular weight is 187 g/mol. The van der Waals surface area contributed by atoms with Crippen LogP contribution in [-0.2, 0) is 4.74 Å². The van der Waals surface area contributed by atoms with Crippen molar-refractivity contribution in [3.63, 3.8) is 0 Å². The SMILES string of the molecule is COCCC1CCCCN1CCO. The highest BCUT2D eigenvalue weighted by molar-refractivity contribution is 4.76. The van der Waals surface area contributed by atoms with Crippen molar-refractivity contribution in [2.24, 2.45) is 0 Å². The van der Waals surface area contributed by atoms with Gasteiger partial charge in [0.15, 0.2) is 0 Å². The van der Waals surface area contributed by atoms with E-state index in [4.69, 9.17) is 9.84 Å². The first-order valence-corrected chi connectivity index (χ1v) is 5.22. The predicted octanol–water partition coefficient (Wildman–Crippen LogP) is 0.870. The Morgan fingerprint density at radius 1 is 1.46 bits per heavy atom. The summed E-state index contributed by atoms with van der Waals surface area (Å²) in [5, 5.41) is 8.89. The number of hydrogen-bond donors (Lipinski definition) is 1. The lowest BCUT2D eigenvalue weighted by Gasteiger charge is -2.35. The number of ether oxygens (including phenoxy) is 1. The van der Waals surface area contributed by atoms with Gasteiger partial charge in [0.1, 0.15) is 0 Å². The third-order valence-electron chi connectivity index (χ3n) is 2.79. The van der Waals surface area contributed by atoms with Gasteiger partial charge in [0.25, 0.3) is 0 Å². The predicted molar refractivity (Wildman–Crippen MR) is 52.8 cm³/mol. The van der Waals surface area contributed by atoms with E-state index in [-0.39, 0.29) is 6.61 Å². The van der Waals surface area contributed by atoms with E-state index in [9.17, 15) is 0 Å². The smallest absolute Gasteiger partial charge is 0.0558 e. The van der Waals surface area contributed by atoms with Crippen LogP contribution >= 0.6 is 0 Å². The monoisotopic (exact) mass is 187 g/mol. The van der Waals surface area contributed by atoms with Crippen LogP contribution in [0.25, 0.3) is 0 Å². The van der Waals surface area contributed by atoms with Crippen molar-refractivity contribution < 1.29 is 9.84 Å². The second-order valence-corrected chi connectivity index (χ2v) is 3.69. The molecule has 0 aromatic heterocycles. The molecule has 1 aliphatic heterocycles. The van der Waals surface area contributed by atoms with Crippen molar-refractivity contribution in [1.29, 1.82) is 0 Å². The van der Waals surface area contributed by atoms with Gasteiger partial charge in [0.05, 0.1) is 6.61 Å². The summed E-state index contributed by atoms with van der Waals surface area (Å²) in [6, 6.07) is 0.640. The van der Waals surface area contributed by atoms with E-state index in [0.29, 0.717) is 6.04 Å². The van der Waals surface area contributed by atoms with Gasteiger partial charge in [0.2, 0.25) is 0 Å². The Balaban J connectivity index is 2.28. The van der Waals surface area contributed by atoms with Gasteiger partial charge in [-0.1, -0.05) is 6.42 Å².